The second-order valence-corrected chi connectivity index (χ2v) is 7.09. The van der Waals surface area contributed by atoms with Gasteiger partial charge in [-0.25, -0.2) is 4.79 Å². The van der Waals surface area contributed by atoms with Crippen molar-refractivity contribution in [3.63, 3.8) is 0 Å². The lowest BCUT2D eigenvalue weighted by Crippen LogP contribution is -2.09. The maximum Gasteiger partial charge on any atom is 0.335 e. The summed E-state index contributed by atoms with van der Waals surface area (Å²) in [6, 6.07) is 5.47. The first-order chi connectivity index (χ1) is 15.1. The summed E-state index contributed by atoms with van der Waals surface area (Å²) >= 11 is 0. The zero-order valence-corrected chi connectivity index (χ0v) is 19.4. The molecular weight excluding hydrogens is 398 g/mol. The van der Waals surface area contributed by atoms with Crippen LogP contribution in [0.25, 0.3) is 10.8 Å². The first-order valence-corrected chi connectivity index (χ1v) is 10.6. The predicted octanol–water partition coefficient (Wildman–Crippen LogP) is 5.50. The van der Waals surface area contributed by atoms with Crippen LogP contribution in [0.2, 0.25) is 0 Å². The smallest absolute Gasteiger partial charge is 0.335 e. The van der Waals surface area contributed by atoms with Crippen LogP contribution in [-0.2, 0) is 9.63 Å². The number of oxime groups is 1. The Labute approximate surface area is 184 Å². The fraction of sp³-hybridized carbons (Fsp3) is 0.500. The van der Waals surface area contributed by atoms with E-state index >= 15 is 0 Å². The van der Waals surface area contributed by atoms with Crippen molar-refractivity contribution in [2.24, 2.45) is 5.16 Å². The molecule has 7 heteroatoms. The molecule has 2 rings (SSSR count). The monoisotopic (exact) mass is 431 g/mol. The summed E-state index contributed by atoms with van der Waals surface area (Å²) in [6.45, 7) is 4.12. The van der Waals surface area contributed by atoms with Crippen LogP contribution in [0.3, 0.4) is 0 Å². The minimum Gasteiger partial charge on any atom is -0.496 e. The number of methoxy groups -OCH3 is 4. The van der Waals surface area contributed by atoms with E-state index in [0.29, 0.717) is 52.5 Å². The molecule has 0 aliphatic carbocycles. The predicted molar refractivity (Wildman–Crippen MR) is 122 cm³/mol. The minimum absolute atomic E-state index is 0.340. The second-order valence-electron chi connectivity index (χ2n) is 7.09. The van der Waals surface area contributed by atoms with E-state index in [4.69, 9.17) is 23.8 Å². The van der Waals surface area contributed by atoms with E-state index in [1.54, 1.807) is 28.4 Å². The average molecular weight is 432 g/mol. The third-order valence-corrected chi connectivity index (χ3v) is 5.03. The first kappa shape index (κ1) is 24.3. The largest absolute Gasteiger partial charge is 0.496 e. The number of ether oxygens (including phenoxy) is 4. The van der Waals surface area contributed by atoms with Crippen molar-refractivity contribution in [2.45, 2.75) is 52.4 Å². The molecule has 0 spiro atoms. The van der Waals surface area contributed by atoms with Gasteiger partial charge in [0, 0.05) is 12.0 Å². The zero-order valence-electron chi connectivity index (χ0n) is 19.4. The van der Waals surface area contributed by atoms with E-state index in [9.17, 15) is 4.79 Å². The van der Waals surface area contributed by atoms with Gasteiger partial charge in [0.15, 0.2) is 0 Å². The summed E-state index contributed by atoms with van der Waals surface area (Å²) in [5.74, 6) is 2.04. The summed E-state index contributed by atoms with van der Waals surface area (Å²) in [7, 11) is 6.38. The topological polar surface area (TPSA) is 75.6 Å². The zero-order chi connectivity index (χ0) is 22.8. The maximum absolute atomic E-state index is 12.1. The fourth-order valence-electron chi connectivity index (χ4n) is 3.50. The summed E-state index contributed by atoms with van der Waals surface area (Å²) < 4.78 is 22.6. The van der Waals surface area contributed by atoms with E-state index in [-0.39, 0.29) is 5.97 Å². The summed E-state index contributed by atoms with van der Waals surface area (Å²) in [5.41, 5.74) is 1.29. The average Bonchev–Trinajstić information content (AvgIpc) is 2.79. The number of hydrogen-bond acceptors (Lipinski definition) is 7. The molecule has 0 bridgehead atoms. The summed E-state index contributed by atoms with van der Waals surface area (Å²) in [6.07, 6.45) is 4.57. The Balaban J connectivity index is 2.65. The molecule has 170 valence electrons. The van der Waals surface area contributed by atoms with Gasteiger partial charge in [0.25, 0.3) is 0 Å². The van der Waals surface area contributed by atoms with Crippen molar-refractivity contribution in [2.75, 3.05) is 28.4 Å². The van der Waals surface area contributed by atoms with Crippen molar-refractivity contribution in [1.82, 2.24) is 0 Å². The van der Waals surface area contributed by atoms with Crippen molar-refractivity contribution >= 4 is 22.5 Å². The van der Waals surface area contributed by atoms with Crippen LogP contribution < -0.4 is 18.9 Å². The van der Waals surface area contributed by atoms with Gasteiger partial charge in [-0.05, 0) is 31.0 Å². The fourth-order valence-corrected chi connectivity index (χ4v) is 3.50. The summed E-state index contributed by atoms with van der Waals surface area (Å²) in [4.78, 5) is 17.4. The van der Waals surface area contributed by atoms with Gasteiger partial charge in [0.2, 0.25) is 0 Å². The van der Waals surface area contributed by atoms with Crippen LogP contribution in [0.5, 0.6) is 23.0 Å². The van der Waals surface area contributed by atoms with Crippen molar-refractivity contribution in [3.05, 3.63) is 23.8 Å². The molecule has 0 aromatic heterocycles. The highest BCUT2D eigenvalue weighted by Crippen LogP contribution is 2.46. The molecular formula is C24H33NO6. The van der Waals surface area contributed by atoms with Gasteiger partial charge in [-0.15, -0.1) is 0 Å². The standard InChI is InChI=1S/C24H33NO6/c1-7-9-10-12-21(26)31-25-17(11-8-2)16-15-20(29-5)22-18(27-3)13-14-19(28-4)23(22)24(16)30-6/h13-15H,7-12H2,1-6H3. The van der Waals surface area contributed by atoms with Crippen molar-refractivity contribution in [1.29, 1.82) is 0 Å². The molecule has 0 amide bonds. The SMILES string of the molecule is CCCCCC(=O)ON=C(CCC)c1cc(OC)c2c(OC)ccc(OC)c2c1OC. The van der Waals surface area contributed by atoms with E-state index in [1.165, 1.54) is 0 Å². The van der Waals surface area contributed by atoms with E-state index in [0.717, 1.165) is 31.1 Å². The molecule has 0 heterocycles. The molecule has 0 radical (unpaired) electrons. The highest BCUT2D eigenvalue weighted by molar-refractivity contribution is 6.12. The Morgan fingerprint density at radius 2 is 1.45 bits per heavy atom. The number of hydrogen-bond donors (Lipinski definition) is 0. The highest BCUT2D eigenvalue weighted by Gasteiger charge is 2.23. The lowest BCUT2D eigenvalue weighted by atomic mass is 9.97. The van der Waals surface area contributed by atoms with Gasteiger partial charge in [0.05, 0.1) is 44.9 Å². The van der Waals surface area contributed by atoms with Crippen LogP contribution in [0, 0.1) is 0 Å². The molecule has 0 atom stereocenters. The van der Waals surface area contributed by atoms with Gasteiger partial charge in [-0.3, -0.25) is 0 Å². The van der Waals surface area contributed by atoms with Gasteiger partial charge in [-0.2, -0.15) is 0 Å². The maximum atomic E-state index is 12.1. The first-order valence-electron chi connectivity index (χ1n) is 10.6. The Bertz CT molecular complexity index is 922. The van der Waals surface area contributed by atoms with Crippen molar-refractivity contribution < 1.29 is 28.6 Å². The Morgan fingerprint density at radius 3 is 2.00 bits per heavy atom. The number of nitrogens with zero attached hydrogens (tertiary/aromatic N) is 1. The number of rotatable bonds is 12. The third kappa shape index (κ3) is 5.60. The van der Waals surface area contributed by atoms with Crippen LogP contribution in [0.1, 0.15) is 57.9 Å². The molecule has 0 fully saturated rings. The minimum atomic E-state index is -0.340. The lowest BCUT2D eigenvalue weighted by Gasteiger charge is -2.19. The molecule has 2 aromatic carbocycles. The molecule has 0 aliphatic heterocycles. The Morgan fingerprint density at radius 1 is 0.806 bits per heavy atom. The number of carbonyl (C=O) groups excluding carboxylic acids is 1. The molecule has 0 saturated heterocycles. The Hall–Kier alpha value is -2.96. The molecule has 2 aromatic rings. The Kier molecular flexibility index (Phi) is 9.43. The number of carbonyl (C=O) groups is 1. The quantitative estimate of drug-likeness (QED) is 0.191. The molecule has 0 saturated carbocycles. The van der Waals surface area contributed by atoms with E-state index in [1.807, 2.05) is 25.1 Å². The molecule has 0 aliphatic rings. The van der Waals surface area contributed by atoms with Gasteiger partial charge in [0.1, 0.15) is 23.0 Å². The van der Waals surface area contributed by atoms with Crippen LogP contribution in [-0.4, -0.2) is 40.1 Å². The molecule has 7 nitrogen and oxygen atoms in total. The van der Waals surface area contributed by atoms with E-state index < -0.39 is 0 Å². The van der Waals surface area contributed by atoms with Crippen molar-refractivity contribution in [3.8, 4) is 23.0 Å². The lowest BCUT2D eigenvalue weighted by molar-refractivity contribution is -0.143. The van der Waals surface area contributed by atoms with Crippen LogP contribution in [0.4, 0.5) is 0 Å². The highest BCUT2D eigenvalue weighted by atomic mass is 16.7. The molecule has 0 N–H and O–H groups in total. The van der Waals surface area contributed by atoms with Gasteiger partial charge >= 0.3 is 5.97 Å². The van der Waals surface area contributed by atoms with Gasteiger partial charge < -0.3 is 23.8 Å². The van der Waals surface area contributed by atoms with Gasteiger partial charge in [-0.1, -0.05) is 38.3 Å². The normalized spacial score (nSPS) is 11.4. The third-order valence-electron chi connectivity index (χ3n) is 5.03. The second kappa shape index (κ2) is 12.0. The number of unbranched alkanes of at least 4 members (excludes halogenated alkanes) is 2. The molecule has 31 heavy (non-hydrogen) atoms. The van der Waals surface area contributed by atoms with E-state index in [2.05, 4.69) is 12.1 Å². The number of fused-ring (bicyclic) bond motifs is 1. The van der Waals surface area contributed by atoms with Crippen LogP contribution >= 0.6 is 0 Å². The number of benzene rings is 2. The van der Waals surface area contributed by atoms with Crippen LogP contribution in [0.15, 0.2) is 23.4 Å². The summed E-state index contributed by atoms with van der Waals surface area (Å²) in [5, 5.41) is 5.65. The molecule has 0 unspecified atom stereocenters.